The summed E-state index contributed by atoms with van der Waals surface area (Å²) < 4.78 is 23.1. The summed E-state index contributed by atoms with van der Waals surface area (Å²) in [7, 11) is -3.12. The molecule has 0 unspecified atom stereocenters. The lowest BCUT2D eigenvalue weighted by atomic mass is 10.0. The lowest BCUT2D eigenvalue weighted by Gasteiger charge is -2.11. The summed E-state index contributed by atoms with van der Waals surface area (Å²) in [4.78, 5) is 0.444. The van der Waals surface area contributed by atoms with E-state index < -0.39 is 9.84 Å². The Morgan fingerprint density at radius 2 is 1.94 bits per heavy atom. The van der Waals surface area contributed by atoms with Gasteiger partial charge in [-0.3, -0.25) is 0 Å². The first-order chi connectivity index (χ1) is 7.41. The normalized spacial score (nSPS) is 18.4. The van der Waals surface area contributed by atoms with Crippen LogP contribution in [0.5, 0.6) is 0 Å². The number of hydrogen-bond donors (Lipinski definition) is 1. The van der Waals surface area contributed by atoms with Crippen LogP contribution in [0.3, 0.4) is 0 Å². The van der Waals surface area contributed by atoms with Crippen LogP contribution in [0.2, 0.25) is 0 Å². The van der Waals surface area contributed by atoms with Gasteiger partial charge < -0.3 is 5.73 Å². The van der Waals surface area contributed by atoms with Crippen molar-refractivity contribution < 1.29 is 8.42 Å². The molecule has 2 rings (SSSR count). The van der Waals surface area contributed by atoms with E-state index in [1.165, 1.54) is 6.26 Å². The van der Waals surface area contributed by atoms with Gasteiger partial charge in [0.2, 0.25) is 0 Å². The molecule has 0 heterocycles. The highest BCUT2D eigenvalue weighted by molar-refractivity contribution is 7.90. The third kappa shape index (κ3) is 2.62. The largest absolute Gasteiger partial charge is 0.325 e. The highest BCUT2D eigenvalue weighted by Crippen LogP contribution is 2.37. The van der Waals surface area contributed by atoms with Crippen LogP contribution in [0.25, 0.3) is 0 Å². The van der Waals surface area contributed by atoms with Crippen LogP contribution in [0, 0.1) is 0 Å². The van der Waals surface area contributed by atoms with E-state index >= 15 is 0 Å². The van der Waals surface area contributed by atoms with Crippen LogP contribution in [0.4, 0.5) is 0 Å². The second-order valence-electron chi connectivity index (χ2n) is 4.74. The molecule has 88 valence electrons. The highest BCUT2D eigenvalue weighted by atomic mass is 32.2. The quantitative estimate of drug-likeness (QED) is 0.866. The Labute approximate surface area is 96.6 Å². The van der Waals surface area contributed by atoms with E-state index in [0.29, 0.717) is 4.90 Å². The van der Waals surface area contributed by atoms with Gasteiger partial charge >= 0.3 is 0 Å². The maximum Gasteiger partial charge on any atom is 0.175 e. The predicted molar refractivity (Wildman–Crippen MR) is 64.0 cm³/mol. The maximum atomic E-state index is 11.6. The first-order valence-corrected chi connectivity index (χ1v) is 7.37. The van der Waals surface area contributed by atoms with Gasteiger partial charge in [-0.2, -0.15) is 0 Å². The van der Waals surface area contributed by atoms with Crippen molar-refractivity contribution >= 4 is 9.84 Å². The van der Waals surface area contributed by atoms with Crippen molar-refractivity contribution in [2.45, 2.75) is 36.1 Å². The first-order valence-electron chi connectivity index (χ1n) is 5.48. The Hall–Kier alpha value is -0.870. The molecule has 0 atom stereocenters. The fraction of sp³-hybridized carbons (Fsp3) is 0.500. The molecule has 1 aromatic carbocycles. The number of aryl methyl sites for hydroxylation is 1. The van der Waals surface area contributed by atoms with Crippen LogP contribution in [-0.2, 0) is 16.3 Å². The Balaban J connectivity index is 2.20. The van der Waals surface area contributed by atoms with Crippen molar-refractivity contribution in [3.63, 3.8) is 0 Å². The molecule has 2 N–H and O–H groups in total. The minimum Gasteiger partial charge on any atom is -0.325 e. The summed E-state index contributed by atoms with van der Waals surface area (Å²) in [5, 5.41) is 0. The zero-order chi connectivity index (χ0) is 11.8. The van der Waals surface area contributed by atoms with Gasteiger partial charge in [0.15, 0.2) is 9.84 Å². The maximum absolute atomic E-state index is 11.6. The molecule has 0 saturated heterocycles. The van der Waals surface area contributed by atoms with Crippen LogP contribution >= 0.6 is 0 Å². The van der Waals surface area contributed by atoms with E-state index in [9.17, 15) is 8.42 Å². The molecule has 1 saturated carbocycles. The summed E-state index contributed by atoms with van der Waals surface area (Å²) in [5.74, 6) is 0. The van der Waals surface area contributed by atoms with Gasteiger partial charge in [-0.15, -0.1) is 0 Å². The molecule has 0 bridgehead atoms. The van der Waals surface area contributed by atoms with E-state index in [4.69, 9.17) is 5.73 Å². The van der Waals surface area contributed by atoms with Crippen molar-refractivity contribution in [2.24, 2.45) is 5.73 Å². The van der Waals surface area contributed by atoms with Gasteiger partial charge in [0, 0.05) is 11.8 Å². The van der Waals surface area contributed by atoms with Crippen LogP contribution in [-0.4, -0.2) is 20.2 Å². The third-order valence-corrected chi connectivity index (χ3v) is 4.35. The van der Waals surface area contributed by atoms with Gasteiger partial charge in [0.25, 0.3) is 0 Å². The highest BCUT2D eigenvalue weighted by Gasteiger charge is 2.37. The molecule has 0 aromatic heterocycles. The number of rotatable bonds is 4. The van der Waals surface area contributed by atoms with Gasteiger partial charge in [-0.1, -0.05) is 18.2 Å². The molecular weight excluding hydrogens is 222 g/mol. The Morgan fingerprint density at radius 3 is 2.50 bits per heavy atom. The van der Waals surface area contributed by atoms with Crippen molar-refractivity contribution in [1.29, 1.82) is 0 Å². The molecule has 0 amide bonds. The standard InChI is InChI=1S/C12H17NO2S/c1-16(14,15)11-5-3-2-4-10(11)6-7-12(13)8-9-12/h2-5H,6-9,13H2,1H3. The summed E-state index contributed by atoms with van der Waals surface area (Å²) >= 11 is 0. The van der Waals surface area contributed by atoms with E-state index in [1.54, 1.807) is 12.1 Å². The Morgan fingerprint density at radius 1 is 1.31 bits per heavy atom. The van der Waals surface area contributed by atoms with E-state index in [2.05, 4.69) is 0 Å². The Bertz CT molecular complexity index is 489. The summed E-state index contributed by atoms with van der Waals surface area (Å²) in [6.07, 6.45) is 5.00. The van der Waals surface area contributed by atoms with Crippen molar-refractivity contribution in [3.05, 3.63) is 29.8 Å². The molecule has 0 aliphatic heterocycles. The van der Waals surface area contributed by atoms with E-state index in [1.807, 2.05) is 12.1 Å². The smallest absolute Gasteiger partial charge is 0.175 e. The molecule has 0 spiro atoms. The Kier molecular flexibility index (Phi) is 2.80. The summed E-state index contributed by atoms with van der Waals surface area (Å²) in [6, 6.07) is 7.18. The van der Waals surface area contributed by atoms with Crippen LogP contribution < -0.4 is 5.73 Å². The summed E-state index contributed by atoms with van der Waals surface area (Å²) in [5.41, 5.74) is 6.87. The number of hydrogen-bond acceptors (Lipinski definition) is 3. The first kappa shape index (κ1) is 11.6. The zero-order valence-corrected chi connectivity index (χ0v) is 10.3. The topological polar surface area (TPSA) is 60.2 Å². The third-order valence-electron chi connectivity index (χ3n) is 3.16. The van der Waals surface area contributed by atoms with Gasteiger partial charge in [0.1, 0.15) is 0 Å². The molecular formula is C12H17NO2S. The zero-order valence-electron chi connectivity index (χ0n) is 9.44. The molecule has 16 heavy (non-hydrogen) atoms. The average Bonchev–Trinajstić information content (AvgIpc) is 2.94. The van der Waals surface area contributed by atoms with Crippen molar-refractivity contribution in [1.82, 2.24) is 0 Å². The van der Waals surface area contributed by atoms with Crippen LogP contribution in [0.15, 0.2) is 29.2 Å². The molecule has 0 radical (unpaired) electrons. The SMILES string of the molecule is CS(=O)(=O)c1ccccc1CCC1(N)CC1. The minimum atomic E-state index is -3.12. The number of nitrogens with two attached hydrogens (primary N) is 1. The molecule has 1 fully saturated rings. The predicted octanol–water partition coefficient (Wildman–Crippen LogP) is 1.51. The van der Waals surface area contributed by atoms with Gasteiger partial charge in [-0.25, -0.2) is 8.42 Å². The lowest BCUT2D eigenvalue weighted by Crippen LogP contribution is -2.22. The average molecular weight is 239 g/mol. The van der Waals surface area contributed by atoms with E-state index in [-0.39, 0.29) is 5.54 Å². The molecule has 1 aliphatic carbocycles. The van der Waals surface area contributed by atoms with Gasteiger partial charge in [-0.05, 0) is 37.3 Å². The van der Waals surface area contributed by atoms with E-state index in [0.717, 1.165) is 31.2 Å². The summed E-state index contributed by atoms with van der Waals surface area (Å²) in [6.45, 7) is 0. The van der Waals surface area contributed by atoms with Gasteiger partial charge in [0.05, 0.1) is 4.90 Å². The van der Waals surface area contributed by atoms with Crippen molar-refractivity contribution in [2.75, 3.05) is 6.26 Å². The second kappa shape index (κ2) is 3.86. The van der Waals surface area contributed by atoms with Crippen LogP contribution in [0.1, 0.15) is 24.8 Å². The molecule has 1 aliphatic rings. The monoisotopic (exact) mass is 239 g/mol. The number of sulfone groups is 1. The fourth-order valence-electron chi connectivity index (χ4n) is 1.87. The number of benzene rings is 1. The lowest BCUT2D eigenvalue weighted by molar-refractivity contribution is 0.591. The minimum absolute atomic E-state index is 0.0232. The molecule has 1 aromatic rings. The molecule has 3 nitrogen and oxygen atoms in total. The molecule has 4 heteroatoms. The fourth-order valence-corrected chi connectivity index (χ4v) is 2.84. The van der Waals surface area contributed by atoms with Crippen molar-refractivity contribution in [3.8, 4) is 0 Å². The second-order valence-corrected chi connectivity index (χ2v) is 6.73.